The third-order valence-corrected chi connectivity index (χ3v) is 4.42. The third kappa shape index (κ3) is 2.62. The Morgan fingerprint density at radius 1 is 1.20 bits per heavy atom. The fourth-order valence-electron chi connectivity index (χ4n) is 3.32. The smallest absolute Gasteiger partial charge is 0.308 e. The lowest BCUT2D eigenvalue weighted by molar-refractivity contribution is -0.141. The molecule has 108 valence electrons. The molecule has 5 nitrogen and oxygen atoms in total. The molecule has 1 aliphatic carbocycles. The lowest BCUT2D eigenvalue weighted by Gasteiger charge is -2.33. The molecule has 1 aromatic heterocycles. The standard InChI is InChI=1S/C15H21N3O2/c19-15(20)11-5-4-8-18(9-11)14-12-6-2-1-3-7-13(12)16-10-17-14/h10-11H,1-9H2,(H,19,20). The van der Waals surface area contributed by atoms with Crippen molar-refractivity contribution in [3.8, 4) is 0 Å². The molecule has 0 bridgehead atoms. The van der Waals surface area contributed by atoms with Crippen molar-refractivity contribution in [2.24, 2.45) is 5.92 Å². The van der Waals surface area contributed by atoms with Crippen molar-refractivity contribution in [1.82, 2.24) is 9.97 Å². The van der Waals surface area contributed by atoms with Crippen LogP contribution in [0.1, 0.15) is 43.4 Å². The van der Waals surface area contributed by atoms with Crippen LogP contribution in [0.5, 0.6) is 0 Å². The molecule has 2 aliphatic rings. The van der Waals surface area contributed by atoms with Gasteiger partial charge >= 0.3 is 5.97 Å². The first-order valence-electron chi connectivity index (χ1n) is 7.56. The maximum Gasteiger partial charge on any atom is 0.308 e. The molecule has 0 spiro atoms. The lowest BCUT2D eigenvalue weighted by Crippen LogP contribution is -2.39. The molecule has 1 aliphatic heterocycles. The van der Waals surface area contributed by atoms with Crippen LogP contribution in [0.25, 0.3) is 0 Å². The van der Waals surface area contributed by atoms with E-state index >= 15 is 0 Å². The van der Waals surface area contributed by atoms with E-state index in [0.29, 0.717) is 6.54 Å². The van der Waals surface area contributed by atoms with Gasteiger partial charge in [0.15, 0.2) is 0 Å². The Bertz CT molecular complexity index is 504. The maximum absolute atomic E-state index is 11.2. The zero-order valence-electron chi connectivity index (χ0n) is 11.7. The Hall–Kier alpha value is -1.65. The van der Waals surface area contributed by atoms with Gasteiger partial charge in [0.2, 0.25) is 0 Å². The fraction of sp³-hybridized carbons (Fsp3) is 0.667. The van der Waals surface area contributed by atoms with E-state index in [-0.39, 0.29) is 5.92 Å². The minimum atomic E-state index is -0.685. The number of nitrogens with zero attached hydrogens (tertiary/aromatic N) is 3. The first kappa shape index (κ1) is 13.3. The minimum Gasteiger partial charge on any atom is -0.481 e. The number of hydrogen-bond acceptors (Lipinski definition) is 4. The van der Waals surface area contributed by atoms with Gasteiger partial charge in [-0.25, -0.2) is 9.97 Å². The Kier molecular flexibility index (Phi) is 3.85. The van der Waals surface area contributed by atoms with Crippen molar-refractivity contribution < 1.29 is 9.90 Å². The van der Waals surface area contributed by atoms with Gasteiger partial charge in [0, 0.05) is 24.3 Å². The summed E-state index contributed by atoms with van der Waals surface area (Å²) in [5.41, 5.74) is 2.43. The molecular weight excluding hydrogens is 254 g/mol. The van der Waals surface area contributed by atoms with Gasteiger partial charge in [-0.05, 0) is 38.5 Å². The second kappa shape index (κ2) is 5.77. The molecule has 5 heteroatoms. The quantitative estimate of drug-likeness (QED) is 0.837. The lowest BCUT2D eigenvalue weighted by atomic mass is 9.97. The van der Waals surface area contributed by atoms with Crippen molar-refractivity contribution in [2.75, 3.05) is 18.0 Å². The summed E-state index contributed by atoms with van der Waals surface area (Å²) < 4.78 is 0. The molecule has 0 amide bonds. The molecule has 1 N–H and O–H groups in total. The van der Waals surface area contributed by atoms with Gasteiger partial charge in [-0.1, -0.05) is 6.42 Å². The molecule has 2 heterocycles. The number of aryl methyl sites for hydroxylation is 1. The normalized spacial score (nSPS) is 23.0. The van der Waals surface area contributed by atoms with Crippen LogP contribution in [0, 0.1) is 5.92 Å². The molecule has 3 rings (SSSR count). The first-order valence-corrected chi connectivity index (χ1v) is 7.56. The highest BCUT2D eigenvalue weighted by Crippen LogP contribution is 2.29. The van der Waals surface area contributed by atoms with Gasteiger partial charge in [-0.2, -0.15) is 0 Å². The highest BCUT2D eigenvalue weighted by atomic mass is 16.4. The van der Waals surface area contributed by atoms with Gasteiger partial charge in [-0.15, -0.1) is 0 Å². The molecule has 0 radical (unpaired) electrons. The second-order valence-corrected chi connectivity index (χ2v) is 5.81. The van der Waals surface area contributed by atoms with Crippen molar-refractivity contribution in [3.63, 3.8) is 0 Å². The van der Waals surface area contributed by atoms with Crippen molar-refractivity contribution >= 4 is 11.8 Å². The Balaban J connectivity index is 1.88. The predicted molar refractivity (Wildman–Crippen MR) is 75.9 cm³/mol. The molecule has 0 aromatic carbocycles. The predicted octanol–water partition coefficient (Wildman–Crippen LogP) is 2.05. The summed E-state index contributed by atoms with van der Waals surface area (Å²) in [5, 5.41) is 9.23. The average molecular weight is 275 g/mol. The first-order chi connectivity index (χ1) is 9.75. The number of carbonyl (C=O) groups is 1. The summed E-state index contributed by atoms with van der Waals surface area (Å²) in [6, 6.07) is 0. The van der Waals surface area contributed by atoms with Crippen LogP contribution >= 0.6 is 0 Å². The number of aromatic nitrogens is 2. The Morgan fingerprint density at radius 2 is 2.05 bits per heavy atom. The van der Waals surface area contributed by atoms with Gasteiger partial charge in [0.1, 0.15) is 12.1 Å². The summed E-state index contributed by atoms with van der Waals surface area (Å²) >= 11 is 0. The summed E-state index contributed by atoms with van der Waals surface area (Å²) in [7, 11) is 0. The zero-order chi connectivity index (χ0) is 13.9. The molecule has 1 atom stereocenters. The van der Waals surface area contributed by atoms with E-state index in [9.17, 15) is 9.90 Å². The minimum absolute atomic E-state index is 0.264. The van der Waals surface area contributed by atoms with Crippen LogP contribution in [0.15, 0.2) is 6.33 Å². The Labute approximate surface area is 119 Å². The van der Waals surface area contributed by atoms with E-state index in [2.05, 4.69) is 14.9 Å². The molecule has 1 aromatic rings. The number of carboxylic acids is 1. The monoisotopic (exact) mass is 275 g/mol. The van der Waals surface area contributed by atoms with E-state index < -0.39 is 5.97 Å². The van der Waals surface area contributed by atoms with Gasteiger partial charge in [0.05, 0.1) is 5.92 Å². The summed E-state index contributed by atoms with van der Waals surface area (Å²) in [6.45, 7) is 1.49. The van der Waals surface area contributed by atoms with Crippen LogP contribution in [0.4, 0.5) is 5.82 Å². The van der Waals surface area contributed by atoms with Crippen LogP contribution in [0.3, 0.4) is 0 Å². The summed E-state index contributed by atoms with van der Waals surface area (Å²) in [4.78, 5) is 22.3. The number of anilines is 1. The van der Waals surface area contributed by atoms with Crippen molar-refractivity contribution in [3.05, 3.63) is 17.6 Å². The number of carboxylic acid groups (broad SMARTS) is 1. The zero-order valence-corrected chi connectivity index (χ0v) is 11.7. The third-order valence-electron chi connectivity index (χ3n) is 4.42. The van der Waals surface area contributed by atoms with Crippen LogP contribution in [-0.4, -0.2) is 34.1 Å². The van der Waals surface area contributed by atoms with E-state index in [1.165, 1.54) is 30.5 Å². The molecular formula is C15H21N3O2. The number of piperidine rings is 1. The number of aliphatic carboxylic acids is 1. The molecule has 20 heavy (non-hydrogen) atoms. The van der Waals surface area contributed by atoms with E-state index in [1.54, 1.807) is 6.33 Å². The summed E-state index contributed by atoms with van der Waals surface area (Å²) in [5.74, 6) is 0.0397. The van der Waals surface area contributed by atoms with Gasteiger partial charge < -0.3 is 10.0 Å². The van der Waals surface area contributed by atoms with Crippen molar-refractivity contribution in [1.29, 1.82) is 0 Å². The largest absolute Gasteiger partial charge is 0.481 e. The van der Waals surface area contributed by atoms with E-state index in [4.69, 9.17) is 0 Å². The number of rotatable bonds is 2. The summed E-state index contributed by atoms with van der Waals surface area (Å²) in [6.07, 6.45) is 9.03. The highest BCUT2D eigenvalue weighted by molar-refractivity contribution is 5.71. The van der Waals surface area contributed by atoms with Crippen molar-refractivity contribution in [2.45, 2.75) is 44.9 Å². The van der Waals surface area contributed by atoms with Crippen LogP contribution in [0.2, 0.25) is 0 Å². The van der Waals surface area contributed by atoms with Gasteiger partial charge in [-0.3, -0.25) is 4.79 Å². The molecule has 1 fully saturated rings. The highest BCUT2D eigenvalue weighted by Gasteiger charge is 2.28. The molecule has 0 saturated carbocycles. The van der Waals surface area contributed by atoms with E-state index in [1.807, 2.05) is 0 Å². The number of hydrogen-bond donors (Lipinski definition) is 1. The Morgan fingerprint density at radius 3 is 2.90 bits per heavy atom. The maximum atomic E-state index is 11.2. The second-order valence-electron chi connectivity index (χ2n) is 5.81. The molecule has 1 saturated heterocycles. The average Bonchev–Trinajstić information content (AvgIpc) is 2.72. The topological polar surface area (TPSA) is 66.3 Å². The SMILES string of the molecule is O=C(O)C1CCCN(c2ncnc3c2CCCCC3)C1. The molecule has 1 unspecified atom stereocenters. The van der Waals surface area contributed by atoms with Crippen LogP contribution in [-0.2, 0) is 17.6 Å². The van der Waals surface area contributed by atoms with E-state index in [0.717, 1.165) is 38.0 Å². The fourth-order valence-corrected chi connectivity index (χ4v) is 3.32. The van der Waals surface area contributed by atoms with Crippen LogP contribution < -0.4 is 4.90 Å². The number of fused-ring (bicyclic) bond motifs is 1. The van der Waals surface area contributed by atoms with Gasteiger partial charge in [0.25, 0.3) is 0 Å².